The van der Waals surface area contributed by atoms with Crippen LogP contribution in [-0.2, 0) is 16.1 Å². The third-order valence-electron chi connectivity index (χ3n) is 4.42. The van der Waals surface area contributed by atoms with Crippen molar-refractivity contribution in [2.45, 2.75) is 50.4 Å². The number of carbonyl (C=O) groups is 1. The summed E-state index contributed by atoms with van der Waals surface area (Å²) in [6.45, 7) is 3.99. The van der Waals surface area contributed by atoms with Crippen molar-refractivity contribution in [3.63, 3.8) is 0 Å². The Labute approximate surface area is 157 Å². The molecule has 2 aromatic rings. The number of hydrogen-bond donors (Lipinski definition) is 1. The van der Waals surface area contributed by atoms with Gasteiger partial charge in [-0.2, -0.15) is 0 Å². The van der Waals surface area contributed by atoms with Crippen molar-refractivity contribution in [3.05, 3.63) is 34.6 Å². The number of ether oxygens (including phenoxy) is 1. The van der Waals surface area contributed by atoms with Crippen molar-refractivity contribution in [2.24, 2.45) is 0 Å². The van der Waals surface area contributed by atoms with Crippen LogP contribution in [0, 0.1) is 0 Å². The van der Waals surface area contributed by atoms with Crippen LogP contribution in [0.15, 0.2) is 34.2 Å². The molecule has 1 aromatic heterocycles. The van der Waals surface area contributed by atoms with Crippen LogP contribution in [-0.4, -0.2) is 40.5 Å². The largest absolute Gasteiger partial charge is 0.376 e. The first-order chi connectivity index (χ1) is 12.7. The van der Waals surface area contributed by atoms with Crippen LogP contribution in [0.2, 0.25) is 0 Å². The Morgan fingerprint density at radius 3 is 3.04 bits per heavy atom. The van der Waals surface area contributed by atoms with E-state index in [2.05, 4.69) is 17.2 Å². The maximum Gasteiger partial charge on any atom is 0.262 e. The Bertz CT molecular complexity index is 815. The van der Waals surface area contributed by atoms with Gasteiger partial charge in [-0.25, -0.2) is 4.98 Å². The van der Waals surface area contributed by atoms with Gasteiger partial charge in [0, 0.05) is 13.2 Å². The molecule has 1 atom stereocenters. The highest BCUT2D eigenvalue weighted by atomic mass is 32.2. The summed E-state index contributed by atoms with van der Waals surface area (Å²) in [5.74, 6) is 0.217. The van der Waals surface area contributed by atoms with Gasteiger partial charge >= 0.3 is 0 Å². The van der Waals surface area contributed by atoms with Crippen LogP contribution in [0.4, 0.5) is 0 Å². The number of nitrogens with one attached hydrogen (secondary N) is 1. The number of amides is 1. The molecule has 0 saturated carbocycles. The van der Waals surface area contributed by atoms with Crippen molar-refractivity contribution in [1.82, 2.24) is 14.9 Å². The maximum absolute atomic E-state index is 12.9. The van der Waals surface area contributed by atoms with Crippen molar-refractivity contribution in [1.29, 1.82) is 0 Å². The number of nitrogens with zero attached hydrogens (tertiary/aromatic N) is 2. The van der Waals surface area contributed by atoms with Gasteiger partial charge in [-0.1, -0.05) is 37.2 Å². The summed E-state index contributed by atoms with van der Waals surface area (Å²) in [7, 11) is 0. The topological polar surface area (TPSA) is 73.2 Å². The number of para-hydroxylation sites is 1. The highest BCUT2D eigenvalue weighted by molar-refractivity contribution is 7.99. The summed E-state index contributed by atoms with van der Waals surface area (Å²) in [4.78, 5) is 29.6. The number of carbonyl (C=O) groups excluding carboxylic acids is 1. The van der Waals surface area contributed by atoms with Crippen molar-refractivity contribution >= 4 is 28.6 Å². The first-order valence-electron chi connectivity index (χ1n) is 9.19. The highest BCUT2D eigenvalue weighted by Crippen LogP contribution is 2.20. The Morgan fingerprint density at radius 1 is 1.42 bits per heavy atom. The van der Waals surface area contributed by atoms with Gasteiger partial charge in [0.15, 0.2) is 5.16 Å². The first kappa shape index (κ1) is 18.9. The van der Waals surface area contributed by atoms with Gasteiger partial charge in [0.1, 0.15) is 0 Å². The molecular weight excluding hydrogens is 350 g/mol. The molecular formula is C19H25N3O3S. The standard InChI is InChI=1S/C19H25N3O3S/c1-2-3-10-20-17(23)13-26-19-21-16-9-5-4-8-15(16)18(24)22(19)12-14-7-6-11-25-14/h4-5,8-9,14H,2-3,6-7,10-13H2,1H3,(H,20,23)/t14-/m0/s1. The van der Waals surface area contributed by atoms with E-state index in [1.807, 2.05) is 18.2 Å². The molecule has 3 rings (SSSR count). The Hall–Kier alpha value is -1.86. The van der Waals surface area contributed by atoms with E-state index in [0.29, 0.717) is 29.1 Å². The lowest BCUT2D eigenvalue weighted by Crippen LogP contribution is -2.30. The van der Waals surface area contributed by atoms with Crippen LogP contribution in [0.25, 0.3) is 10.9 Å². The predicted octanol–water partition coefficient (Wildman–Crippen LogP) is 2.58. The SMILES string of the molecule is CCCCNC(=O)CSc1nc2ccccc2c(=O)n1C[C@@H]1CCCO1. The van der Waals surface area contributed by atoms with Gasteiger partial charge in [0.05, 0.1) is 29.3 Å². The highest BCUT2D eigenvalue weighted by Gasteiger charge is 2.20. The lowest BCUT2D eigenvalue weighted by atomic mass is 10.2. The average Bonchev–Trinajstić information content (AvgIpc) is 3.16. The van der Waals surface area contributed by atoms with Gasteiger partial charge in [-0.05, 0) is 31.4 Å². The monoisotopic (exact) mass is 375 g/mol. The number of hydrogen-bond acceptors (Lipinski definition) is 5. The Kier molecular flexibility index (Phi) is 6.68. The zero-order valence-electron chi connectivity index (χ0n) is 15.1. The molecule has 2 heterocycles. The van der Waals surface area contributed by atoms with E-state index in [0.717, 1.165) is 32.3 Å². The second-order valence-corrected chi connectivity index (χ2v) is 7.40. The van der Waals surface area contributed by atoms with Gasteiger partial charge < -0.3 is 10.1 Å². The molecule has 1 N–H and O–H groups in total. The molecule has 1 saturated heterocycles. The summed E-state index contributed by atoms with van der Waals surface area (Å²) >= 11 is 1.31. The molecule has 140 valence electrons. The molecule has 0 aliphatic carbocycles. The third kappa shape index (κ3) is 4.65. The summed E-state index contributed by atoms with van der Waals surface area (Å²) in [6, 6.07) is 7.34. The zero-order valence-corrected chi connectivity index (χ0v) is 15.9. The van der Waals surface area contributed by atoms with Crippen LogP contribution >= 0.6 is 11.8 Å². The number of rotatable bonds is 8. The first-order valence-corrected chi connectivity index (χ1v) is 10.2. The molecule has 0 bridgehead atoms. The molecule has 26 heavy (non-hydrogen) atoms. The number of aromatic nitrogens is 2. The van der Waals surface area contributed by atoms with E-state index in [9.17, 15) is 9.59 Å². The van der Waals surface area contributed by atoms with E-state index in [1.54, 1.807) is 10.6 Å². The van der Waals surface area contributed by atoms with Crippen molar-refractivity contribution in [2.75, 3.05) is 18.9 Å². The molecule has 0 radical (unpaired) electrons. The Balaban J connectivity index is 1.81. The van der Waals surface area contributed by atoms with Crippen LogP contribution in [0.1, 0.15) is 32.6 Å². The number of unbranched alkanes of at least 4 members (excludes halogenated alkanes) is 1. The molecule has 0 spiro atoms. The van der Waals surface area contributed by atoms with E-state index in [1.165, 1.54) is 11.8 Å². The average molecular weight is 375 g/mol. The van der Waals surface area contributed by atoms with Crippen molar-refractivity contribution < 1.29 is 9.53 Å². The maximum atomic E-state index is 12.9. The van der Waals surface area contributed by atoms with Gasteiger partial charge in [-0.3, -0.25) is 14.2 Å². The second kappa shape index (κ2) is 9.19. The van der Waals surface area contributed by atoms with E-state index in [4.69, 9.17) is 4.74 Å². The third-order valence-corrected chi connectivity index (χ3v) is 5.40. The molecule has 1 amide bonds. The van der Waals surface area contributed by atoms with Crippen LogP contribution in [0.3, 0.4) is 0 Å². The molecule has 1 aliphatic heterocycles. The quantitative estimate of drug-likeness (QED) is 0.436. The minimum Gasteiger partial charge on any atom is -0.376 e. The minimum absolute atomic E-state index is 0.0328. The fourth-order valence-corrected chi connectivity index (χ4v) is 3.83. The lowest BCUT2D eigenvalue weighted by molar-refractivity contribution is -0.118. The summed E-state index contributed by atoms with van der Waals surface area (Å²) < 4.78 is 7.36. The summed E-state index contributed by atoms with van der Waals surface area (Å²) in [5.41, 5.74) is 0.593. The van der Waals surface area contributed by atoms with Crippen molar-refractivity contribution in [3.8, 4) is 0 Å². The molecule has 0 unspecified atom stereocenters. The number of benzene rings is 1. The number of fused-ring (bicyclic) bond motifs is 1. The van der Waals surface area contributed by atoms with E-state index in [-0.39, 0.29) is 23.3 Å². The summed E-state index contributed by atoms with van der Waals surface area (Å²) in [6.07, 6.45) is 4.01. The van der Waals surface area contributed by atoms with Gasteiger partial charge in [0.2, 0.25) is 5.91 Å². The van der Waals surface area contributed by atoms with Crippen LogP contribution < -0.4 is 10.9 Å². The van der Waals surface area contributed by atoms with E-state index >= 15 is 0 Å². The fourth-order valence-electron chi connectivity index (χ4n) is 3.00. The molecule has 6 nitrogen and oxygen atoms in total. The molecule has 1 aliphatic rings. The van der Waals surface area contributed by atoms with Gasteiger partial charge in [0.25, 0.3) is 5.56 Å². The zero-order chi connectivity index (χ0) is 18.4. The Morgan fingerprint density at radius 2 is 2.27 bits per heavy atom. The molecule has 7 heteroatoms. The normalized spacial score (nSPS) is 16.9. The van der Waals surface area contributed by atoms with Crippen LogP contribution in [0.5, 0.6) is 0 Å². The molecule has 1 aromatic carbocycles. The predicted molar refractivity (Wildman–Crippen MR) is 104 cm³/mol. The van der Waals surface area contributed by atoms with E-state index < -0.39 is 0 Å². The molecule has 1 fully saturated rings. The fraction of sp³-hybridized carbons (Fsp3) is 0.526. The number of thioether (sulfide) groups is 1. The smallest absolute Gasteiger partial charge is 0.262 e. The summed E-state index contributed by atoms with van der Waals surface area (Å²) in [5, 5.41) is 4.08. The minimum atomic E-state index is -0.0695. The second-order valence-electron chi connectivity index (χ2n) is 6.45. The van der Waals surface area contributed by atoms with Gasteiger partial charge in [-0.15, -0.1) is 0 Å². The lowest BCUT2D eigenvalue weighted by Gasteiger charge is -2.16.